The van der Waals surface area contributed by atoms with E-state index in [9.17, 15) is 4.21 Å². The van der Waals surface area contributed by atoms with Gasteiger partial charge in [-0.1, -0.05) is 13.8 Å². The Balaban J connectivity index is 0. The van der Waals surface area contributed by atoms with Crippen LogP contribution in [0.2, 0.25) is 0 Å². The van der Waals surface area contributed by atoms with Crippen molar-refractivity contribution < 1.29 is 23.1 Å². The Morgan fingerprint density at radius 2 is 2.11 bits per heavy atom. The SMILES string of the molecule is CCS[CH-]S(=O)CC.[Li+]. The van der Waals surface area contributed by atoms with Crippen LogP contribution in [0.1, 0.15) is 13.8 Å². The van der Waals surface area contributed by atoms with Crippen molar-refractivity contribution in [3.05, 3.63) is 5.08 Å². The van der Waals surface area contributed by atoms with E-state index in [1.165, 1.54) is 0 Å². The molecular weight excluding hydrogens is 147 g/mol. The van der Waals surface area contributed by atoms with Crippen molar-refractivity contribution in [3.63, 3.8) is 0 Å². The largest absolute Gasteiger partial charge is 1.00 e. The molecule has 0 spiro atoms. The van der Waals surface area contributed by atoms with Gasteiger partial charge in [-0.3, -0.25) is 4.21 Å². The number of rotatable bonds is 4. The molecule has 0 fully saturated rings. The standard InChI is InChI=1S/C5H11OS2.Li/c1-3-7-5-8(6)4-2;/h5H,3-4H2,1-2H3;/q-1;+1. The first kappa shape index (κ1) is 12.7. The van der Waals surface area contributed by atoms with Crippen LogP contribution in [0.15, 0.2) is 0 Å². The van der Waals surface area contributed by atoms with Crippen LogP contribution in [0, 0.1) is 5.08 Å². The van der Waals surface area contributed by atoms with Crippen molar-refractivity contribution in [1.29, 1.82) is 0 Å². The van der Waals surface area contributed by atoms with E-state index in [-0.39, 0.29) is 18.9 Å². The Labute approximate surface area is 76.0 Å². The molecule has 4 heteroatoms. The van der Waals surface area contributed by atoms with Gasteiger partial charge in [0.05, 0.1) is 0 Å². The van der Waals surface area contributed by atoms with Gasteiger partial charge in [0.25, 0.3) is 0 Å². The molecule has 50 valence electrons. The third kappa shape index (κ3) is 9.10. The minimum atomic E-state index is -0.689. The van der Waals surface area contributed by atoms with E-state index >= 15 is 0 Å². The fourth-order valence-corrected chi connectivity index (χ4v) is 1.91. The topological polar surface area (TPSA) is 17.1 Å². The Morgan fingerprint density at radius 1 is 1.56 bits per heavy atom. The molecule has 0 rings (SSSR count). The van der Waals surface area contributed by atoms with Crippen LogP contribution in [0.25, 0.3) is 0 Å². The molecule has 0 aliphatic heterocycles. The molecule has 0 heterocycles. The molecule has 0 aromatic rings. The molecule has 0 amide bonds. The van der Waals surface area contributed by atoms with E-state index in [2.05, 4.69) is 0 Å². The molecule has 0 N–H and O–H groups in total. The van der Waals surface area contributed by atoms with Crippen molar-refractivity contribution >= 4 is 22.6 Å². The van der Waals surface area contributed by atoms with Crippen molar-refractivity contribution in [1.82, 2.24) is 0 Å². The second-order valence-electron chi connectivity index (χ2n) is 1.22. The maximum atomic E-state index is 10.6. The van der Waals surface area contributed by atoms with E-state index < -0.39 is 10.8 Å². The summed E-state index contributed by atoms with van der Waals surface area (Å²) in [5.41, 5.74) is 0. The number of hydrogen-bond acceptors (Lipinski definition) is 2. The normalized spacial score (nSPS) is 12.2. The van der Waals surface area contributed by atoms with E-state index in [1.54, 1.807) is 16.8 Å². The molecule has 1 nitrogen and oxygen atoms in total. The summed E-state index contributed by atoms with van der Waals surface area (Å²) in [7, 11) is -0.689. The van der Waals surface area contributed by atoms with E-state index in [0.717, 1.165) is 11.5 Å². The van der Waals surface area contributed by atoms with Crippen LogP contribution in [-0.2, 0) is 10.8 Å². The van der Waals surface area contributed by atoms with Crippen LogP contribution < -0.4 is 18.9 Å². The fraction of sp³-hybridized carbons (Fsp3) is 0.800. The quantitative estimate of drug-likeness (QED) is 0.371. The second kappa shape index (κ2) is 9.10. The van der Waals surface area contributed by atoms with E-state index in [4.69, 9.17) is 0 Å². The van der Waals surface area contributed by atoms with Crippen molar-refractivity contribution in [2.45, 2.75) is 13.8 Å². The minimum Gasteiger partial charge on any atom is -0.338 e. The van der Waals surface area contributed by atoms with Crippen molar-refractivity contribution in [3.8, 4) is 0 Å². The van der Waals surface area contributed by atoms with Crippen LogP contribution in [0.3, 0.4) is 0 Å². The first-order chi connectivity index (χ1) is 3.81. The summed E-state index contributed by atoms with van der Waals surface area (Å²) in [6.07, 6.45) is 0. The molecule has 1 atom stereocenters. The van der Waals surface area contributed by atoms with E-state index in [0.29, 0.717) is 0 Å². The molecule has 0 bridgehead atoms. The van der Waals surface area contributed by atoms with Gasteiger partial charge < -0.3 is 11.8 Å². The third-order valence-electron chi connectivity index (χ3n) is 0.627. The zero-order chi connectivity index (χ0) is 6.41. The molecular formula is C5H11LiOS2. The molecule has 0 aromatic heterocycles. The van der Waals surface area contributed by atoms with Gasteiger partial charge in [-0.2, -0.15) is 5.08 Å². The Hall–Kier alpha value is 1.10. The Bertz CT molecular complexity index is 77.4. The Kier molecular flexibility index (Phi) is 12.9. The summed E-state index contributed by atoms with van der Waals surface area (Å²) in [5.74, 6) is 1.76. The first-order valence-corrected chi connectivity index (χ1v) is 5.06. The predicted molar refractivity (Wildman–Crippen MR) is 41.1 cm³/mol. The smallest absolute Gasteiger partial charge is 0.338 e. The molecule has 9 heavy (non-hydrogen) atoms. The molecule has 0 saturated carbocycles. The molecule has 0 radical (unpaired) electrons. The van der Waals surface area contributed by atoms with Crippen LogP contribution in [-0.4, -0.2) is 15.7 Å². The maximum absolute atomic E-state index is 10.6. The molecule has 0 saturated heterocycles. The zero-order valence-corrected chi connectivity index (χ0v) is 7.85. The van der Waals surface area contributed by atoms with Gasteiger partial charge in [-0.05, 0) is 11.5 Å². The average molecular weight is 158 g/mol. The van der Waals surface area contributed by atoms with Crippen LogP contribution >= 0.6 is 11.8 Å². The molecule has 0 aliphatic rings. The summed E-state index contributed by atoms with van der Waals surface area (Å²) in [6.45, 7) is 3.97. The summed E-state index contributed by atoms with van der Waals surface area (Å²) >= 11 is 1.62. The van der Waals surface area contributed by atoms with Gasteiger partial charge in [0, 0.05) is 0 Å². The number of thioether (sulfide) groups is 1. The summed E-state index contributed by atoms with van der Waals surface area (Å²) in [6, 6.07) is 0. The fourth-order valence-electron chi connectivity index (χ4n) is 0.212. The molecule has 1 unspecified atom stereocenters. The van der Waals surface area contributed by atoms with Gasteiger partial charge in [-0.15, -0.1) is 10.8 Å². The second-order valence-corrected chi connectivity index (χ2v) is 4.24. The predicted octanol–water partition coefficient (Wildman–Crippen LogP) is -1.37. The average Bonchev–Trinajstić information content (AvgIpc) is 1.83. The van der Waals surface area contributed by atoms with Gasteiger partial charge in [0.15, 0.2) is 0 Å². The molecule has 0 aromatic carbocycles. The summed E-state index contributed by atoms with van der Waals surface area (Å²) in [5, 5.41) is 1.79. The van der Waals surface area contributed by atoms with Crippen LogP contribution in [0.5, 0.6) is 0 Å². The Morgan fingerprint density at radius 3 is 2.44 bits per heavy atom. The van der Waals surface area contributed by atoms with Gasteiger partial charge >= 0.3 is 18.9 Å². The monoisotopic (exact) mass is 158 g/mol. The van der Waals surface area contributed by atoms with Gasteiger partial charge in [0.2, 0.25) is 0 Å². The van der Waals surface area contributed by atoms with Crippen molar-refractivity contribution in [2.75, 3.05) is 11.5 Å². The zero-order valence-electron chi connectivity index (χ0n) is 6.22. The summed E-state index contributed by atoms with van der Waals surface area (Å²) in [4.78, 5) is 0. The molecule has 0 aliphatic carbocycles. The van der Waals surface area contributed by atoms with Crippen LogP contribution in [0.4, 0.5) is 0 Å². The number of hydrogen-bond donors (Lipinski definition) is 0. The maximum Gasteiger partial charge on any atom is 1.00 e. The summed E-state index contributed by atoms with van der Waals surface area (Å²) < 4.78 is 10.6. The van der Waals surface area contributed by atoms with Crippen molar-refractivity contribution in [2.24, 2.45) is 0 Å². The van der Waals surface area contributed by atoms with Gasteiger partial charge in [0.1, 0.15) is 0 Å². The first-order valence-electron chi connectivity index (χ1n) is 2.63. The third-order valence-corrected chi connectivity index (χ3v) is 2.93. The van der Waals surface area contributed by atoms with Gasteiger partial charge in [-0.25, -0.2) is 0 Å². The van der Waals surface area contributed by atoms with E-state index in [1.807, 2.05) is 13.8 Å². The minimum absolute atomic E-state index is 0.